The summed E-state index contributed by atoms with van der Waals surface area (Å²) in [4.78, 5) is 25.9. The van der Waals surface area contributed by atoms with Gasteiger partial charge in [-0.25, -0.2) is 0 Å². The van der Waals surface area contributed by atoms with Gasteiger partial charge in [-0.15, -0.1) is 0 Å². The predicted octanol–water partition coefficient (Wildman–Crippen LogP) is 1.83. The molecule has 22 heavy (non-hydrogen) atoms. The Morgan fingerprint density at radius 1 is 1.41 bits per heavy atom. The van der Waals surface area contributed by atoms with Crippen molar-refractivity contribution in [2.45, 2.75) is 12.8 Å². The third-order valence-corrected chi connectivity index (χ3v) is 5.15. The van der Waals surface area contributed by atoms with Crippen LogP contribution in [0, 0.1) is 11.3 Å². The van der Waals surface area contributed by atoms with Gasteiger partial charge in [-0.3, -0.25) is 9.59 Å². The normalized spacial score (nSPS) is 27.5. The van der Waals surface area contributed by atoms with Gasteiger partial charge in [0.1, 0.15) is 0 Å². The number of halogens is 1. The molecule has 2 fully saturated rings. The first kappa shape index (κ1) is 15.3. The highest BCUT2D eigenvalue weighted by Gasteiger charge is 2.54. The van der Waals surface area contributed by atoms with E-state index in [4.69, 9.17) is 16.3 Å². The van der Waals surface area contributed by atoms with Crippen molar-refractivity contribution < 1.29 is 19.4 Å². The number of benzene rings is 1. The fourth-order valence-electron chi connectivity index (χ4n) is 3.41. The number of carbonyl (C=O) groups excluding carboxylic acids is 1. The number of hydrogen-bond acceptors (Lipinski definition) is 3. The van der Waals surface area contributed by atoms with Crippen molar-refractivity contribution in [3.8, 4) is 0 Å². The second kappa shape index (κ2) is 5.89. The van der Waals surface area contributed by atoms with Gasteiger partial charge in [0.2, 0.25) is 5.91 Å². The molecule has 5 nitrogen and oxygen atoms in total. The van der Waals surface area contributed by atoms with Crippen molar-refractivity contribution >= 4 is 23.5 Å². The van der Waals surface area contributed by atoms with Crippen LogP contribution in [-0.2, 0) is 20.7 Å². The molecule has 2 atom stereocenters. The number of fused-ring (bicyclic) bond motifs is 1. The summed E-state index contributed by atoms with van der Waals surface area (Å²) in [5.74, 6) is -1.04. The number of rotatable bonds is 3. The maximum atomic E-state index is 12.5. The Hall–Kier alpha value is -1.59. The molecule has 2 aliphatic rings. The van der Waals surface area contributed by atoms with Crippen LogP contribution in [0.5, 0.6) is 0 Å². The summed E-state index contributed by atoms with van der Waals surface area (Å²) in [5, 5.41) is 10.2. The second-order valence-electron chi connectivity index (χ2n) is 6.03. The molecule has 0 spiro atoms. The Kier molecular flexibility index (Phi) is 4.10. The number of ether oxygens (including phenoxy) is 1. The number of nitrogens with zero attached hydrogens (tertiary/aromatic N) is 1. The minimum atomic E-state index is -0.853. The first-order chi connectivity index (χ1) is 10.5. The van der Waals surface area contributed by atoms with Crippen LogP contribution >= 0.6 is 11.6 Å². The molecular weight excluding hydrogens is 306 g/mol. The highest BCUT2D eigenvalue weighted by molar-refractivity contribution is 6.31. The zero-order valence-corrected chi connectivity index (χ0v) is 12.9. The lowest BCUT2D eigenvalue weighted by molar-refractivity contribution is -0.157. The molecule has 2 heterocycles. The third kappa shape index (κ3) is 2.59. The van der Waals surface area contributed by atoms with Crippen LogP contribution in [0.1, 0.15) is 12.0 Å². The van der Waals surface area contributed by atoms with E-state index in [1.165, 1.54) is 0 Å². The van der Waals surface area contributed by atoms with Gasteiger partial charge in [0.05, 0.1) is 18.4 Å². The molecule has 2 saturated heterocycles. The molecule has 6 heteroatoms. The predicted molar refractivity (Wildman–Crippen MR) is 80.7 cm³/mol. The van der Waals surface area contributed by atoms with Crippen LogP contribution in [0.25, 0.3) is 0 Å². The monoisotopic (exact) mass is 323 g/mol. The number of hydrogen-bond donors (Lipinski definition) is 1. The molecule has 1 aromatic rings. The highest BCUT2D eigenvalue weighted by atomic mass is 35.5. The number of amides is 1. The Morgan fingerprint density at radius 3 is 2.86 bits per heavy atom. The molecule has 0 radical (unpaired) electrons. The molecule has 1 aromatic carbocycles. The van der Waals surface area contributed by atoms with Crippen LogP contribution < -0.4 is 0 Å². The van der Waals surface area contributed by atoms with Gasteiger partial charge in [0.25, 0.3) is 0 Å². The number of likely N-dealkylation sites (tertiary alicyclic amines) is 1. The smallest absolute Gasteiger partial charge is 0.311 e. The number of carboxylic acid groups (broad SMARTS) is 1. The minimum Gasteiger partial charge on any atom is -0.481 e. The zero-order chi connectivity index (χ0) is 15.7. The van der Waals surface area contributed by atoms with Gasteiger partial charge in [-0.1, -0.05) is 29.8 Å². The van der Waals surface area contributed by atoms with E-state index in [1.807, 2.05) is 18.2 Å². The SMILES string of the molecule is O=C(Cc1ccccc1Cl)N1C[C@H]2COCC[C@@]2(C(=O)O)C1. The summed E-state index contributed by atoms with van der Waals surface area (Å²) < 4.78 is 5.40. The third-order valence-electron chi connectivity index (χ3n) is 4.78. The lowest BCUT2D eigenvalue weighted by Gasteiger charge is -2.33. The van der Waals surface area contributed by atoms with Crippen molar-refractivity contribution in [3.05, 3.63) is 34.9 Å². The van der Waals surface area contributed by atoms with Crippen molar-refractivity contribution in [1.29, 1.82) is 0 Å². The summed E-state index contributed by atoms with van der Waals surface area (Å²) in [6.45, 7) is 1.55. The van der Waals surface area contributed by atoms with Gasteiger partial charge in [-0.2, -0.15) is 0 Å². The van der Waals surface area contributed by atoms with Gasteiger partial charge >= 0.3 is 5.97 Å². The highest BCUT2D eigenvalue weighted by Crippen LogP contribution is 2.42. The summed E-state index contributed by atoms with van der Waals surface area (Å²) in [6.07, 6.45) is 0.659. The molecular formula is C16H18ClNO4. The molecule has 1 N–H and O–H groups in total. The van der Waals surface area contributed by atoms with E-state index in [9.17, 15) is 14.7 Å². The fourth-order valence-corrected chi connectivity index (χ4v) is 3.61. The summed E-state index contributed by atoms with van der Waals surface area (Å²) >= 11 is 6.09. The molecule has 0 saturated carbocycles. The van der Waals surface area contributed by atoms with Gasteiger partial charge in [-0.05, 0) is 18.1 Å². The number of aliphatic carboxylic acids is 1. The number of carbonyl (C=O) groups is 2. The van der Waals surface area contributed by atoms with Gasteiger partial charge in [0, 0.05) is 30.6 Å². The maximum Gasteiger partial charge on any atom is 0.311 e. The van der Waals surface area contributed by atoms with Crippen molar-refractivity contribution in [3.63, 3.8) is 0 Å². The molecule has 0 bridgehead atoms. The van der Waals surface area contributed by atoms with Crippen molar-refractivity contribution in [1.82, 2.24) is 4.90 Å². The first-order valence-electron chi connectivity index (χ1n) is 7.35. The summed E-state index contributed by atoms with van der Waals surface area (Å²) in [6, 6.07) is 7.22. The van der Waals surface area contributed by atoms with E-state index in [1.54, 1.807) is 11.0 Å². The van der Waals surface area contributed by atoms with Gasteiger partial charge < -0.3 is 14.7 Å². The largest absolute Gasteiger partial charge is 0.481 e. The quantitative estimate of drug-likeness (QED) is 0.921. The minimum absolute atomic E-state index is 0.0804. The average Bonchev–Trinajstić information content (AvgIpc) is 2.90. The molecule has 1 amide bonds. The molecule has 118 valence electrons. The summed E-state index contributed by atoms with van der Waals surface area (Å²) in [5.41, 5.74) is -0.0846. The van der Waals surface area contributed by atoms with Crippen LogP contribution in [0.4, 0.5) is 0 Å². The molecule has 3 rings (SSSR count). The van der Waals surface area contributed by atoms with E-state index in [0.717, 1.165) is 5.56 Å². The van der Waals surface area contributed by atoms with E-state index in [-0.39, 0.29) is 24.8 Å². The molecule has 0 aliphatic carbocycles. The van der Waals surface area contributed by atoms with Crippen LogP contribution in [0.15, 0.2) is 24.3 Å². The Bertz CT molecular complexity index is 606. The Morgan fingerprint density at radius 2 is 2.18 bits per heavy atom. The van der Waals surface area contributed by atoms with E-state index in [0.29, 0.717) is 31.2 Å². The lowest BCUT2D eigenvalue weighted by atomic mass is 9.74. The van der Waals surface area contributed by atoms with E-state index >= 15 is 0 Å². The van der Waals surface area contributed by atoms with Crippen LogP contribution in [0.3, 0.4) is 0 Å². The van der Waals surface area contributed by atoms with Gasteiger partial charge in [0.15, 0.2) is 0 Å². The number of carboxylic acids is 1. The van der Waals surface area contributed by atoms with Crippen LogP contribution in [-0.4, -0.2) is 48.2 Å². The fraction of sp³-hybridized carbons (Fsp3) is 0.500. The molecule has 0 aromatic heterocycles. The standard InChI is InChI=1S/C16H18ClNO4/c17-13-4-2-1-3-11(13)7-14(19)18-8-12-9-22-6-5-16(12,10-18)15(20)21/h1-4,12H,5-10H2,(H,20,21)/t12-,16+/m0/s1. The van der Waals surface area contributed by atoms with Crippen molar-refractivity contribution in [2.75, 3.05) is 26.3 Å². The zero-order valence-electron chi connectivity index (χ0n) is 12.1. The summed E-state index contributed by atoms with van der Waals surface area (Å²) in [7, 11) is 0. The van der Waals surface area contributed by atoms with E-state index < -0.39 is 11.4 Å². The first-order valence-corrected chi connectivity index (χ1v) is 7.73. The second-order valence-corrected chi connectivity index (χ2v) is 6.43. The maximum absolute atomic E-state index is 12.5. The lowest BCUT2D eigenvalue weighted by Crippen LogP contribution is -2.45. The van der Waals surface area contributed by atoms with Crippen molar-refractivity contribution in [2.24, 2.45) is 11.3 Å². The Labute approximate surface area is 133 Å². The Balaban J connectivity index is 1.75. The van der Waals surface area contributed by atoms with E-state index in [2.05, 4.69) is 0 Å². The topological polar surface area (TPSA) is 66.8 Å². The average molecular weight is 324 g/mol. The van der Waals surface area contributed by atoms with Crippen LogP contribution in [0.2, 0.25) is 5.02 Å². The molecule has 2 aliphatic heterocycles. The molecule has 0 unspecified atom stereocenters.